The van der Waals surface area contributed by atoms with Crippen LogP contribution in [-0.4, -0.2) is 117 Å². The average Bonchev–Trinajstić information content (AvgIpc) is 2.87. The zero-order chi connectivity index (χ0) is 30.8. The minimum atomic E-state index is -1.34. The summed E-state index contributed by atoms with van der Waals surface area (Å²) in [7, 11) is 0. The Hall–Kier alpha value is -3.97. The summed E-state index contributed by atoms with van der Waals surface area (Å²) in [6, 6.07) is -5.09. The minimum Gasteiger partial charge on any atom is -0.480 e. The summed E-state index contributed by atoms with van der Waals surface area (Å²) in [5, 5.41) is 44.1. The van der Waals surface area contributed by atoms with E-state index < -0.39 is 84.8 Å². The zero-order valence-corrected chi connectivity index (χ0v) is 22.1. The molecule has 19 heteroatoms. The van der Waals surface area contributed by atoms with Crippen molar-refractivity contribution in [2.45, 2.75) is 56.3 Å². The largest absolute Gasteiger partial charge is 0.480 e. The van der Waals surface area contributed by atoms with Crippen LogP contribution in [0.4, 0.5) is 0 Å². The molecular weight excluding hydrogens is 560 g/mol. The fraction of sp³-hybridized carbons (Fsp3) is 0.619. The van der Waals surface area contributed by atoms with E-state index in [1.807, 2.05) is 0 Å². The van der Waals surface area contributed by atoms with E-state index in [1.165, 1.54) is 0 Å². The molecule has 0 aliphatic rings. The van der Waals surface area contributed by atoms with E-state index >= 15 is 0 Å². The summed E-state index contributed by atoms with van der Waals surface area (Å²) in [4.78, 5) is 92.3. The molecule has 0 saturated heterocycles. The van der Waals surface area contributed by atoms with Gasteiger partial charge in [0, 0.05) is 18.6 Å². The number of carboxylic acids is 4. The Bertz CT molecular complexity index is 875. The lowest BCUT2D eigenvalue weighted by atomic mass is 10.1. The molecule has 0 aromatic carbocycles. The van der Waals surface area contributed by atoms with Gasteiger partial charge in [-0.05, 0) is 25.0 Å². The second kappa shape index (κ2) is 19.1. The molecule has 12 N–H and O–H groups in total. The van der Waals surface area contributed by atoms with Crippen molar-refractivity contribution in [3.8, 4) is 0 Å². The molecular formula is C21H34N6O12S. The number of amides is 4. The third kappa shape index (κ3) is 16.8. The summed E-state index contributed by atoms with van der Waals surface area (Å²) >= 11 is 1.03. The van der Waals surface area contributed by atoms with Gasteiger partial charge >= 0.3 is 23.9 Å². The SMILES string of the molecule is N[C@@H](CCC(=O)NC(CSCC[C@H](NC(=O)CC[C@H](N)C(=O)O)C(=O)NCC(=O)O)C(=O)NCC(=O)O)C(=O)O. The third-order valence-corrected chi connectivity index (χ3v) is 6.06. The Morgan fingerprint density at radius 3 is 1.43 bits per heavy atom. The van der Waals surface area contributed by atoms with Crippen LogP contribution in [0.3, 0.4) is 0 Å². The molecule has 0 saturated carbocycles. The number of rotatable bonds is 21. The quantitative estimate of drug-likeness (QED) is 0.0564. The van der Waals surface area contributed by atoms with E-state index in [-0.39, 0.29) is 43.6 Å². The van der Waals surface area contributed by atoms with Gasteiger partial charge in [0.25, 0.3) is 0 Å². The first-order valence-corrected chi connectivity index (χ1v) is 12.9. The average molecular weight is 595 g/mol. The van der Waals surface area contributed by atoms with Crippen LogP contribution >= 0.6 is 11.8 Å². The van der Waals surface area contributed by atoms with Crippen molar-refractivity contribution >= 4 is 59.3 Å². The normalized spacial score (nSPS) is 13.6. The van der Waals surface area contributed by atoms with Crippen LogP contribution in [-0.2, 0) is 38.4 Å². The number of carbonyl (C=O) groups excluding carboxylic acids is 4. The highest BCUT2D eigenvalue weighted by Gasteiger charge is 2.25. The predicted octanol–water partition coefficient (Wildman–Crippen LogP) is -4.13. The van der Waals surface area contributed by atoms with Crippen molar-refractivity contribution in [3.63, 3.8) is 0 Å². The molecule has 0 radical (unpaired) electrons. The van der Waals surface area contributed by atoms with Gasteiger partial charge in [0.05, 0.1) is 0 Å². The molecule has 0 aromatic rings. The van der Waals surface area contributed by atoms with Crippen LogP contribution in [0.2, 0.25) is 0 Å². The standard InChI is InChI=1S/C21H34N6O12S/c22-10(20(36)37)1-3-14(28)26-12(18(34)24-7-16(30)31)5-6-40-9-13(19(35)25-8-17(32)33)27-15(29)4-2-11(23)21(38)39/h10-13H,1-9,22-23H2,(H,24,34)(H,25,35)(H,26,28)(H,27,29)(H,30,31)(H,32,33)(H,36,37)(H,38,39)/t10-,11-,12-,13?/m0/s1. The van der Waals surface area contributed by atoms with Gasteiger partial charge in [0.15, 0.2) is 0 Å². The monoisotopic (exact) mass is 594 g/mol. The van der Waals surface area contributed by atoms with Crippen LogP contribution in [0.5, 0.6) is 0 Å². The maximum atomic E-state index is 12.4. The molecule has 40 heavy (non-hydrogen) atoms. The van der Waals surface area contributed by atoms with E-state index in [0.717, 1.165) is 11.8 Å². The first-order chi connectivity index (χ1) is 18.6. The summed E-state index contributed by atoms with van der Waals surface area (Å²) in [5.41, 5.74) is 10.7. The van der Waals surface area contributed by atoms with E-state index in [0.29, 0.717) is 0 Å². The molecule has 0 heterocycles. The fourth-order valence-corrected chi connectivity index (χ4v) is 3.82. The second-order valence-electron chi connectivity index (χ2n) is 8.29. The van der Waals surface area contributed by atoms with Crippen molar-refractivity contribution in [1.82, 2.24) is 21.3 Å². The van der Waals surface area contributed by atoms with Gasteiger partial charge in [-0.15, -0.1) is 0 Å². The summed E-state index contributed by atoms with van der Waals surface area (Å²) in [6.45, 7) is -1.46. The van der Waals surface area contributed by atoms with E-state index in [4.69, 9.17) is 31.9 Å². The summed E-state index contributed by atoms with van der Waals surface area (Å²) in [5.74, 6) is -8.46. The third-order valence-electron chi connectivity index (χ3n) is 4.97. The van der Waals surface area contributed by atoms with Crippen molar-refractivity contribution in [2.75, 3.05) is 24.6 Å². The van der Waals surface area contributed by atoms with Gasteiger partial charge in [-0.1, -0.05) is 0 Å². The number of aliphatic carboxylic acids is 4. The maximum Gasteiger partial charge on any atom is 0.322 e. The van der Waals surface area contributed by atoms with Crippen molar-refractivity contribution in [2.24, 2.45) is 11.5 Å². The van der Waals surface area contributed by atoms with Crippen LogP contribution in [0.25, 0.3) is 0 Å². The van der Waals surface area contributed by atoms with E-state index in [2.05, 4.69) is 21.3 Å². The molecule has 226 valence electrons. The molecule has 0 spiro atoms. The molecule has 0 bridgehead atoms. The van der Waals surface area contributed by atoms with Crippen LogP contribution < -0.4 is 32.7 Å². The summed E-state index contributed by atoms with van der Waals surface area (Å²) in [6.07, 6.45) is -1.17. The van der Waals surface area contributed by atoms with Gasteiger partial charge in [-0.25, -0.2) is 0 Å². The zero-order valence-electron chi connectivity index (χ0n) is 21.3. The molecule has 18 nitrogen and oxygen atoms in total. The van der Waals surface area contributed by atoms with Crippen LogP contribution in [0, 0.1) is 0 Å². The van der Waals surface area contributed by atoms with Crippen molar-refractivity contribution < 1.29 is 58.8 Å². The highest BCUT2D eigenvalue weighted by Crippen LogP contribution is 2.09. The Balaban J connectivity index is 5.18. The fourth-order valence-electron chi connectivity index (χ4n) is 2.78. The number of hydrogen-bond donors (Lipinski definition) is 10. The smallest absolute Gasteiger partial charge is 0.322 e. The lowest BCUT2D eigenvalue weighted by Gasteiger charge is -2.20. The summed E-state index contributed by atoms with van der Waals surface area (Å²) < 4.78 is 0. The molecule has 4 amide bonds. The molecule has 4 atom stereocenters. The predicted molar refractivity (Wildman–Crippen MR) is 137 cm³/mol. The van der Waals surface area contributed by atoms with Crippen LogP contribution in [0.15, 0.2) is 0 Å². The van der Waals surface area contributed by atoms with Gasteiger partial charge in [0.2, 0.25) is 23.6 Å². The maximum absolute atomic E-state index is 12.4. The van der Waals surface area contributed by atoms with Gasteiger partial charge in [0.1, 0.15) is 37.3 Å². The number of nitrogens with two attached hydrogens (primary N) is 2. The first kappa shape index (κ1) is 36.0. The van der Waals surface area contributed by atoms with Gasteiger partial charge in [-0.2, -0.15) is 11.8 Å². The molecule has 0 aliphatic carbocycles. The first-order valence-electron chi connectivity index (χ1n) is 11.8. The molecule has 0 fully saturated rings. The number of nitrogens with one attached hydrogen (secondary N) is 4. The second-order valence-corrected chi connectivity index (χ2v) is 9.44. The Labute approximate surface area is 232 Å². The van der Waals surface area contributed by atoms with Crippen molar-refractivity contribution in [3.05, 3.63) is 0 Å². The highest BCUT2D eigenvalue weighted by molar-refractivity contribution is 7.99. The van der Waals surface area contributed by atoms with E-state index in [9.17, 15) is 38.4 Å². The number of carboxylic acid groups (broad SMARTS) is 4. The molecule has 0 rings (SSSR count). The molecule has 0 aromatic heterocycles. The number of carbonyl (C=O) groups is 8. The Morgan fingerprint density at radius 2 is 1.02 bits per heavy atom. The lowest BCUT2D eigenvalue weighted by molar-refractivity contribution is -0.140. The number of hydrogen-bond acceptors (Lipinski definition) is 11. The van der Waals surface area contributed by atoms with E-state index in [1.54, 1.807) is 0 Å². The molecule has 1 unspecified atom stereocenters. The minimum absolute atomic E-state index is 0.0717. The lowest BCUT2D eigenvalue weighted by Crippen LogP contribution is -2.50. The number of thioether (sulfide) groups is 1. The van der Waals surface area contributed by atoms with Gasteiger partial charge < -0.3 is 53.2 Å². The van der Waals surface area contributed by atoms with Gasteiger partial charge in [-0.3, -0.25) is 38.4 Å². The Kier molecular flexibility index (Phi) is 17.2. The molecule has 0 aliphatic heterocycles. The topological polar surface area (TPSA) is 318 Å². The van der Waals surface area contributed by atoms with Crippen LogP contribution in [0.1, 0.15) is 32.1 Å². The highest BCUT2D eigenvalue weighted by atomic mass is 32.2. The Morgan fingerprint density at radius 1 is 0.625 bits per heavy atom. The van der Waals surface area contributed by atoms with Crippen molar-refractivity contribution in [1.29, 1.82) is 0 Å².